The molecule has 0 aliphatic carbocycles. The average Bonchev–Trinajstić information content (AvgIpc) is 2.43. The Hall–Kier alpha value is -1.72. The van der Waals surface area contributed by atoms with E-state index in [4.69, 9.17) is 9.84 Å². The van der Waals surface area contributed by atoms with Crippen molar-refractivity contribution in [2.75, 3.05) is 31.7 Å². The van der Waals surface area contributed by atoms with E-state index in [9.17, 15) is 0 Å². The van der Waals surface area contributed by atoms with Crippen LogP contribution in [-0.2, 0) is 4.74 Å². The van der Waals surface area contributed by atoms with E-state index in [1.807, 2.05) is 24.3 Å². The summed E-state index contributed by atoms with van der Waals surface area (Å²) in [5.41, 5.74) is 0. The number of ether oxygens (including phenoxy) is 1. The molecule has 2 rings (SSSR count). The molecule has 1 aromatic carbocycles. The zero-order valence-electron chi connectivity index (χ0n) is 10.2. The van der Waals surface area contributed by atoms with Crippen molar-refractivity contribution in [3.05, 3.63) is 30.5 Å². The Kier molecular flexibility index (Phi) is 4.87. The van der Waals surface area contributed by atoms with Crippen LogP contribution in [-0.4, -0.2) is 41.7 Å². The number of aliphatic hydroxyl groups excluding tert-OH is 1. The van der Waals surface area contributed by atoms with Crippen LogP contribution < -0.4 is 5.32 Å². The van der Waals surface area contributed by atoms with Gasteiger partial charge in [0.1, 0.15) is 0 Å². The smallest absolute Gasteiger partial charge is 0.156 e. The second-order valence-corrected chi connectivity index (χ2v) is 3.90. The highest BCUT2D eigenvalue weighted by atomic mass is 16.5. The summed E-state index contributed by atoms with van der Waals surface area (Å²) < 4.78 is 5.18. The summed E-state index contributed by atoms with van der Waals surface area (Å²) in [5.74, 6) is 0.801. The van der Waals surface area contributed by atoms with Crippen LogP contribution in [0.2, 0.25) is 0 Å². The van der Waals surface area contributed by atoms with Gasteiger partial charge in [0.2, 0.25) is 0 Å². The third kappa shape index (κ3) is 3.38. The second-order valence-electron chi connectivity index (χ2n) is 3.90. The normalized spacial score (nSPS) is 10.7. The lowest BCUT2D eigenvalue weighted by Crippen LogP contribution is -2.09. The third-order valence-corrected chi connectivity index (χ3v) is 2.56. The van der Waals surface area contributed by atoms with Crippen LogP contribution >= 0.6 is 0 Å². The lowest BCUT2D eigenvalue weighted by atomic mass is 10.2. The fourth-order valence-corrected chi connectivity index (χ4v) is 1.71. The first-order chi connectivity index (χ1) is 8.92. The molecule has 0 amide bonds. The Morgan fingerprint density at radius 3 is 3.00 bits per heavy atom. The first-order valence-electron chi connectivity index (χ1n) is 6.04. The van der Waals surface area contributed by atoms with Gasteiger partial charge in [-0.15, -0.1) is 5.10 Å². The molecule has 2 aromatic rings. The molecule has 0 fully saturated rings. The highest BCUT2D eigenvalue weighted by Gasteiger charge is 2.01. The number of nitrogens with one attached hydrogen (secondary N) is 1. The number of fused-ring (bicyclic) bond motifs is 1. The van der Waals surface area contributed by atoms with Crippen LogP contribution in [0.5, 0.6) is 0 Å². The van der Waals surface area contributed by atoms with Crippen molar-refractivity contribution >= 4 is 16.6 Å². The van der Waals surface area contributed by atoms with Crippen molar-refractivity contribution in [2.24, 2.45) is 0 Å². The minimum absolute atomic E-state index is 0.0717. The number of nitrogens with zero attached hydrogens (tertiary/aromatic N) is 2. The minimum Gasteiger partial charge on any atom is -0.394 e. The summed E-state index contributed by atoms with van der Waals surface area (Å²) in [5, 5.41) is 22.0. The maximum Gasteiger partial charge on any atom is 0.156 e. The van der Waals surface area contributed by atoms with Crippen LogP contribution in [0.4, 0.5) is 5.82 Å². The van der Waals surface area contributed by atoms with Crippen molar-refractivity contribution in [1.29, 1.82) is 0 Å². The third-order valence-electron chi connectivity index (χ3n) is 2.56. The van der Waals surface area contributed by atoms with Gasteiger partial charge in [0.25, 0.3) is 0 Å². The number of aromatic nitrogens is 2. The molecule has 0 unspecified atom stereocenters. The molecule has 1 aromatic heterocycles. The predicted molar refractivity (Wildman–Crippen MR) is 70.5 cm³/mol. The predicted octanol–water partition coefficient (Wildman–Crippen LogP) is 1.44. The second kappa shape index (κ2) is 6.88. The zero-order chi connectivity index (χ0) is 12.6. The van der Waals surface area contributed by atoms with Gasteiger partial charge in [-0.05, 0) is 6.42 Å². The molecule has 0 bridgehead atoms. The number of rotatable bonds is 7. The van der Waals surface area contributed by atoms with E-state index in [1.54, 1.807) is 6.20 Å². The fourth-order valence-electron chi connectivity index (χ4n) is 1.71. The minimum atomic E-state index is 0.0717. The van der Waals surface area contributed by atoms with E-state index >= 15 is 0 Å². The van der Waals surface area contributed by atoms with Crippen LogP contribution in [0.15, 0.2) is 30.5 Å². The molecule has 0 saturated heterocycles. The SMILES string of the molecule is OCCOCCCNc1nncc2ccccc12. The van der Waals surface area contributed by atoms with E-state index in [1.165, 1.54) is 0 Å². The summed E-state index contributed by atoms with van der Waals surface area (Å²) >= 11 is 0. The van der Waals surface area contributed by atoms with E-state index in [0.717, 1.165) is 29.6 Å². The van der Waals surface area contributed by atoms with Crippen LogP contribution in [0, 0.1) is 0 Å². The number of aliphatic hydroxyl groups is 1. The van der Waals surface area contributed by atoms with Gasteiger partial charge in [-0.1, -0.05) is 24.3 Å². The summed E-state index contributed by atoms with van der Waals surface area (Å²) in [6.07, 6.45) is 2.62. The molecule has 5 nitrogen and oxygen atoms in total. The van der Waals surface area contributed by atoms with E-state index in [2.05, 4.69) is 15.5 Å². The van der Waals surface area contributed by atoms with Crippen molar-refractivity contribution < 1.29 is 9.84 Å². The number of anilines is 1. The van der Waals surface area contributed by atoms with Crippen LogP contribution in [0.1, 0.15) is 6.42 Å². The lowest BCUT2D eigenvalue weighted by molar-refractivity contribution is 0.0922. The van der Waals surface area contributed by atoms with E-state index < -0.39 is 0 Å². The maximum absolute atomic E-state index is 8.56. The monoisotopic (exact) mass is 247 g/mol. The van der Waals surface area contributed by atoms with Crippen molar-refractivity contribution in [3.63, 3.8) is 0 Å². The first-order valence-corrected chi connectivity index (χ1v) is 6.04. The highest BCUT2D eigenvalue weighted by Crippen LogP contribution is 2.18. The molecule has 1 heterocycles. The van der Waals surface area contributed by atoms with E-state index in [0.29, 0.717) is 13.2 Å². The lowest BCUT2D eigenvalue weighted by Gasteiger charge is -2.07. The number of benzene rings is 1. The molecule has 0 atom stereocenters. The van der Waals surface area contributed by atoms with Gasteiger partial charge in [-0.25, -0.2) is 0 Å². The Labute approximate surface area is 106 Å². The molecule has 18 heavy (non-hydrogen) atoms. The molecule has 5 heteroatoms. The summed E-state index contributed by atoms with van der Waals surface area (Å²) in [4.78, 5) is 0. The molecule has 0 aliphatic heterocycles. The van der Waals surface area contributed by atoms with Gasteiger partial charge >= 0.3 is 0 Å². The summed E-state index contributed by atoms with van der Waals surface area (Å²) in [6.45, 7) is 1.87. The van der Waals surface area contributed by atoms with Gasteiger partial charge in [-0.2, -0.15) is 5.10 Å². The van der Waals surface area contributed by atoms with E-state index in [-0.39, 0.29) is 6.61 Å². The maximum atomic E-state index is 8.56. The summed E-state index contributed by atoms with van der Waals surface area (Å²) in [7, 11) is 0. The quantitative estimate of drug-likeness (QED) is 0.725. The highest BCUT2D eigenvalue weighted by molar-refractivity contribution is 5.90. The van der Waals surface area contributed by atoms with Gasteiger partial charge in [0, 0.05) is 23.9 Å². The summed E-state index contributed by atoms with van der Waals surface area (Å²) in [6, 6.07) is 8.00. The molecule has 0 radical (unpaired) electrons. The van der Waals surface area contributed by atoms with Crippen molar-refractivity contribution in [2.45, 2.75) is 6.42 Å². The molecular weight excluding hydrogens is 230 g/mol. The molecule has 0 aliphatic rings. The molecule has 0 spiro atoms. The largest absolute Gasteiger partial charge is 0.394 e. The topological polar surface area (TPSA) is 67.3 Å². The Balaban J connectivity index is 1.88. The number of hydrogen-bond acceptors (Lipinski definition) is 5. The first kappa shape index (κ1) is 12.7. The zero-order valence-corrected chi connectivity index (χ0v) is 10.2. The molecular formula is C13H17N3O2. The van der Waals surface area contributed by atoms with Crippen molar-refractivity contribution in [3.8, 4) is 0 Å². The molecule has 96 valence electrons. The molecule has 2 N–H and O–H groups in total. The van der Waals surface area contributed by atoms with Gasteiger partial charge in [0.15, 0.2) is 5.82 Å². The Morgan fingerprint density at radius 1 is 1.22 bits per heavy atom. The van der Waals surface area contributed by atoms with Crippen molar-refractivity contribution in [1.82, 2.24) is 10.2 Å². The average molecular weight is 247 g/mol. The van der Waals surface area contributed by atoms with Crippen LogP contribution in [0.3, 0.4) is 0 Å². The standard InChI is InChI=1S/C13H17N3O2/c17-7-9-18-8-3-6-14-13-12-5-2-1-4-11(12)10-15-16-13/h1-2,4-5,10,17H,3,6-9H2,(H,14,16). The fraction of sp³-hybridized carbons (Fsp3) is 0.385. The van der Waals surface area contributed by atoms with Gasteiger partial charge < -0.3 is 15.2 Å². The van der Waals surface area contributed by atoms with Crippen LogP contribution in [0.25, 0.3) is 10.8 Å². The number of hydrogen-bond donors (Lipinski definition) is 2. The van der Waals surface area contributed by atoms with Gasteiger partial charge in [0.05, 0.1) is 19.4 Å². The Morgan fingerprint density at radius 2 is 2.11 bits per heavy atom. The molecule has 0 saturated carbocycles. The Bertz CT molecular complexity index is 485. The van der Waals surface area contributed by atoms with Gasteiger partial charge in [-0.3, -0.25) is 0 Å².